The quantitative estimate of drug-likeness (QED) is 0.869. The Bertz CT molecular complexity index is 430. The molecule has 1 aliphatic rings. The van der Waals surface area contributed by atoms with Crippen molar-refractivity contribution in [2.75, 3.05) is 26.7 Å². The fraction of sp³-hybridized carbons (Fsp3) is 0.611. The van der Waals surface area contributed by atoms with Gasteiger partial charge in [-0.15, -0.1) is 12.4 Å². The highest BCUT2D eigenvalue weighted by molar-refractivity contribution is 5.85. The molecule has 124 valence electrons. The average molecular weight is 325 g/mol. The van der Waals surface area contributed by atoms with Gasteiger partial charge in [-0.2, -0.15) is 0 Å². The Balaban J connectivity index is 0.00000242. The summed E-state index contributed by atoms with van der Waals surface area (Å²) in [5.41, 5.74) is 1.26. The first-order valence-corrected chi connectivity index (χ1v) is 8.18. The van der Waals surface area contributed by atoms with Crippen LogP contribution in [0.25, 0.3) is 0 Å². The van der Waals surface area contributed by atoms with Crippen LogP contribution in [0.4, 0.5) is 0 Å². The number of amides is 1. The molecule has 1 aromatic carbocycles. The Kier molecular flexibility index (Phi) is 8.51. The van der Waals surface area contributed by atoms with Gasteiger partial charge in [0.1, 0.15) is 0 Å². The lowest BCUT2D eigenvalue weighted by Gasteiger charge is -2.32. The first-order chi connectivity index (χ1) is 10.2. The third-order valence-corrected chi connectivity index (χ3v) is 4.62. The van der Waals surface area contributed by atoms with Crippen molar-refractivity contribution in [3.63, 3.8) is 0 Å². The monoisotopic (exact) mass is 324 g/mol. The predicted octanol–water partition coefficient (Wildman–Crippen LogP) is 3.45. The first-order valence-electron chi connectivity index (χ1n) is 8.18. The molecule has 1 aliphatic heterocycles. The summed E-state index contributed by atoms with van der Waals surface area (Å²) in [6.45, 7) is 5.11. The Morgan fingerprint density at radius 3 is 2.50 bits per heavy atom. The minimum atomic E-state index is 0. The number of hydrogen-bond acceptors (Lipinski definition) is 2. The molecule has 0 saturated carbocycles. The number of halogens is 1. The van der Waals surface area contributed by atoms with E-state index in [9.17, 15) is 4.79 Å². The third kappa shape index (κ3) is 5.62. The topological polar surface area (TPSA) is 32.3 Å². The minimum Gasteiger partial charge on any atom is -0.343 e. The van der Waals surface area contributed by atoms with E-state index in [1.807, 2.05) is 25.2 Å². The van der Waals surface area contributed by atoms with Gasteiger partial charge in [0.25, 0.3) is 0 Å². The summed E-state index contributed by atoms with van der Waals surface area (Å²) >= 11 is 0. The molecule has 2 rings (SSSR count). The van der Waals surface area contributed by atoms with E-state index < -0.39 is 0 Å². The first kappa shape index (κ1) is 19.0. The number of rotatable bonds is 6. The molecule has 1 atom stereocenters. The van der Waals surface area contributed by atoms with Crippen LogP contribution in [0.3, 0.4) is 0 Å². The lowest BCUT2D eigenvalue weighted by Crippen LogP contribution is -2.39. The van der Waals surface area contributed by atoms with E-state index in [1.54, 1.807) is 0 Å². The summed E-state index contributed by atoms with van der Waals surface area (Å²) in [6, 6.07) is 10.3. The number of nitrogens with one attached hydrogen (secondary N) is 1. The standard InChI is InChI=1S/C18H28N2O.ClH/c1-15(17-6-4-3-5-7-17)14-18(21)20-12-9-16(10-13-20)8-11-19-2;/h3-7,15-16,19H,8-14H2,1-2H3;1H. The maximum Gasteiger partial charge on any atom is 0.223 e. The van der Waals surface area contributed by atoms with Crippen LogP contribution < -0.4 is 5.32 Å². The van der Waals surface area contributed by atoms with Gasteiger partial charge in [0.15, 0.2) is 0 Å². The number of carbonyl (C=O) groups excluding carboxylic acids is 1. The van der Waals surface area contributed by atoms with Gasteiger partial charge in [-0.05, 0) is 50.3 Å². The van der Waals surface area contributed by atoms with Crippen LogP contribution in [0.5, 0.6) is 0 Å². The Labute approximate surface area is 140 Å². The van der Waals surface area contributed by atoms with Crippen LogP contribution in [-0.2, 0) is 4.79 Å². The molecule has 0 radical (unpaired) electrons. The number of benzene rings is 1. The molecule has 1 N–H and O–H groups in total. The van der Waals surface area contributed by atoms with E-state index in [-0.39, 0.29) is 12.4 Å². The van der Waals surface area contributed by atoms with Gasteiger partial charge in [-0.25, -0.2) is 0 Å². The molecule has 1 saturated heterocycles. The molecule has 1 aromatic rings. The number of piperidine rings is 1. The van der Waals surface area contributed by atoms with E-state index in [2.05, 4.69) is 29.3 Å². The summed E-state index contributed by atoms with van der Waals surface area (Å²) < 4.78 is 0. The molecule has 4 heteroatoms. The van der Waals surface area contributed by atoms with Crippen molar-refractivity contribution in [2.24, 2.45) is 5.92 Å². The van der Waals surface area contributed by atoms with Crippen molar-refractivity contribution in [2.45, 2.75) is 38.5 Å². The van der Waals surface area contributed by atoms with Crippen molar-refractivity contribution < 1.29 is 4.79 Å². The van der Waals surface area contributed by atoms with Crippen molar-refractivity contribution >= 4 is 18.3 Å². The van der Waals surface area contributed by atoms with Gasteiger partial charge < -0.3 is 10.2 Å². The Hall–Kier alpha value is -1.06. The second-order valence-electron chi connectivity index (χ2n) is 6.23. The molecule has 3 nitrogen and oxygen atoms in total. The molecule has 22 heavy (non-hydrogen) atoms. The zero-order valence-corrected chi connectivity index (χ0v) is 14.6. The molecular weight excluding hydrogens is 296 g/mol. The maximum atomic E-state index is 12.4. The van der Waals surface area contributed by atoms with Crippen LogP contribution in [0.2, 0.25) is 0 Å². The molecule has 0 aromatic heterocycles. The van der Waals surface area contributed by atoms with Gasteiger partial charge in [0, 0.05) is 19.5 Å². The highest BCUT2D eigenvalue weighted by atomic mass is 35.5. The highest BCUT2D eigenvalue weighted by Gasteiger charge is 2.23. The van der Waals surface area contributed by atoms with Crippen molar-refractivity contribution in [1.82, 2.24) is 10.2 Å². The molecule has 0 aliphatic carbocycles. The van der Waals surface area contributed by atoms with Crippen molar-refractivity contribution in [1.29, 1.82) is 0 Å². The fourth-order valence-electron chi connectivity index (χ4n) is 3.11. The van der Waals surface area contributed by atoms with E-state index in [1.165, 1.54) is 12.0 Å². The summed E-state index contributed by atoms with van der Waals surface area (Å²) in [5, 5.41) is 3.21. The molecular formula is C18H29ClN2O. The number of likely N-dealkylation sites (tertiary alicyclic amines) is 1. The second kappa shape index (κ2) is 9.86. The smallest absolute Gasteiger partial charge is 0.223 e. The van der Waals surface area contributed by atoms with Crippen LogP contribution in [0, 0.1) is 5.92 Å². The van der Waals surface area contributed by atoms with Crippen molar-refractivity contribution in [3.8, 4) is 0 Å². The Morgan fingerprint density at radius 1 is 1.27 bits per heavy atom. The van der Waals surface area contributed by atoms with Crippen molar-refractivity contribution in [3.05, 3.63) is 35.9 Å². The van der Waals surface area contributed by atoms with Gasteiger partial charge in [-0.1, -0.05) is 37.3 Å². The van der Waals surface area contributed by atoms with Crippen LogP contribution in [-0.4, -0.2) is 37.5 Å². The lowest BCUT2D eigenvalue weighted by molar-refractivity contribution is -0.132. The second-order valence-corrected chi connectivity index (χ2v) is 6.23. The third-order valence-electron chi connectivity index (χ3n) is 4.62. The van der Waals surface area contributed by atoms with Crippen LogP contribution in [0.15, 0.2) is 30.3 Å². The normalized spacial score (nSPS) is 16.9. The molecule has 1 amide bonds. The molecule has 1 fully saturated rings. The van der Waals surface area contributed by atoms with Crippen LogP contribution >= 0.6 is 12.4 Å². The zero-order chi connectivity index (χ0) is 15.1. The molecule has 1 heterocycles. The van der Waals surface area contributed by atoms with E-state index in [0.717, 1.165) is 38.4 Å². The maximum absolute atomic E-state index is 12.4. The van der Waals surface area contributed by atoms with E-state index >= 15 is 0 Å². The van der Waals surface area contributed by atoms with Gasteiger partial charge in [-0.3, -0.25) is 4.79 Å². The van der Waals surface area contributed by atoms with Gasteiger partial charge in [0.05, 0.1) is 0 Å². The average Bonchev–Trinajstić information content (AvgIpc) is 2.54. The zero-order valence-electron chi connectivity index (χ0n) is 13.8. The SMILES string of the molecule is CNCCC1CCN(C(=O)CC(C)c2ccccc2)CC1.Cl. The van der Waals surface area contributed by atoms with Gasteiger partial charge >= 0.3 is 0 Å². The number of nitrogens with zero attached hydrogens (tertiary/aromatic N) is 1. The fourth-order valence-corrected chi connectivity index (χ4v) is 3.11. The molecule has 1 unspecified atom stereocenters. The van der Waals surface area contributed by atoms with Gasteiger partial charge in [0.2, 0.25) is 5.91 Å². The minimum absolute atomic E-state index is 0. The number of carbonyl (C=O) groups is 1. The predicted molar refractivity (Wildman–Crippen MR) is 94.6 cm³/mol. The summed E-state index contributed by atoms with van der Waals surface area (Å²) in [5.74, 6) is 1.41. The summed E-state index contributed by atoms with van der Waals surface area (Å²) in [6.07, 6.45) is 4.18. The summed E-state index contributed by atoms with van der Waals surface area (Å²) in [7, 11) is 2.00. The lowest BCUT2D eigenvalue weighted by atomic mass is 9.92. The summed E-state index contributed by atoms with van der Waals surface area (Å²) in [4.78, 5) is 14.5. The number of hydrogen-bond donors (Lipinski definition) is 1. The highest BCUT2D eigenvalue weighted by Crippen LogP contribution is 2.24. The van der Waals surface area contributed by atoms with E-state index in [4.69, 9.17) is 0 Å². The molecule has 0 spiro atoms. The largest absolute Gasteiger partial charge is 0.343 e. The van der Waals surface area contributed by atoms with E-state index in [0.29, 0.717) is 18.2 Å². The molecule has 0 bridgehead atoms. The Morgan fingerprint density at radius 2 is 1.91 bits per heavy atom. The van der Waals surface area contributed by atoms with Crippen LogP contribution in [0.1, 0.15) is 44.1 Å².